The molecule has 1 aromatic heterocycles. The van der Waals surface area contributed by atoms with Gasteiger partial charge >= 0.3 is 5.97 Å². The lowest BCUT2D eigenvalue weighted by atomic mass is 10.0. The SMILES string of the molecule is Cc1cccc(-c2nnnn2CCC(=O)O)c1C. The lowest BCUT2D eigenvalue weighted by Gasteiger charge is -2.08. The van der Waals surface area contributed by atoms with Crippen molar-refractivity contribution in [1.29, 1.82) is 0 Å². The molecule has 0 saturated heterocycles. The Bertz CT molecular complexity index is 577. The van der Waals surface area contributed by atoms with Crippen molar-refractivity contribution in [1.82, 2.24) is 20.2 Å². The van der Waals surface area contributed by atoms with Crippen LogP contribution in [-0.4, -0.2) is 31.3 Å². The summed E-state index contributed by atoms with van der Waals surface area (Å²) < 4.78 is 1.52. The van der Waals surface area contributed by atoms with Crippen molar-refractivity contribution in [2.24, 2.45) is 0 Å². The summed E-state index contributed by atoms with van der Waals surface area (Å²) in [4.78, 5) is 10.6. The number of carbonyl (C=O) groups is 1. The zero-order chi connectivity index (χ0) is 13.1. The van der Waals surface area contributed by atoms with E-state index < -0.39 is 5.97 Å². The molecule has 0 aliphatic heterocycles. The standard InChI is InChI=1S/C12H14N4O2/c1-8-4-3-5-10(9(8)2)12-13-14-15-16(12)7-6-11(17)18/h3-5H,6-7H2,1-2H3,(H,17,18). The van der Waals surface area contributed by atoms with E-state index in [1.807, 2.05) is 32.0 Å². The van der Waals surface area contributed by atoms with Gasteiger partial charge in [0.1, 0.15) is 0 Å². The van der Waals surface area contributed by atoms with Gasteiger partial charge in [-0.05, 0) is 35.4 Å². The number of hydrogen-bond acceptors (Lipinski definition) is 4. The van der Waals surface area contributed by atoms with Gasteiger partial charge in [-0.1, -0.05) is 18.2 Å². The number of benzene rings is 1. The monoisotopic (exact) mass is 246 g/mol. The molecule has 6 heteroatoms. The first-order chi connectivity index (χ1) is 8.59. The molecule has 0 unspecified atom stereocenters. The first kappa shape index (κ1) is 12.2. The van der Waals surface area contributed by atoms with Gasteiger partial charge in [-0.15, -0.1) is 5.10 Å². The van der Waals surface area contributed by atoms with Crippen LogP contribution in [0.15, 0.2) is 18.2 Å². The second-order valence-corrected chi connectivity index (χ2v) is 4.12. The smallest absolute Gasteiger partial charge is 0.305 e. The van der Waals surface area contributed by atoms with Crippen LogP contribution in [0.3, 0.4) is 0 Å². The zero-order valence-electron chi connectivity index (χ0n) is 10.3. The van der Waals surface area contributed by atoms with Gasteiger partial charge in [0, 0.05) is 5.56 Å². The van der Waals surface area contributed by atoms with Crippen molar-refractivity contribution >= 4 is 5.97 Å². The molecule has 0 atom stereocenters. The highest BCUT2D eigenvalue weighted by molar-refractivity contribution is 5.67. The van der Waals surface area contributed by atoms with E-state index in [4.69, 9.17) is 5.11 Å². The highest BCUT2D eigenvalue weighted by atomic mass is 16.4. The predicted octanol–water partition coefficient (Wildman–Crippen LogP) is 1.43. The summed E-state index contributed by atoms with van der Waals surface area (Å²) in [6.45, 7) is 4.29. The molecule has 1 heterocycles. The number of aromatic nitrogens is 4. The third kappa shape index (κ3) is 2.37. The van der Waals surface area contributed by atoms with E-state index in [-0.39, 0.29) is 13.0 Å². The number of carboxylic acids is 1. The van der Waals surface area contributed by atoms with E-state index in [0.29, 0.717) is 5.82 Å². The maximum atomic E-state index is 10.6. The van der Waals surface area contributed by atoms with Gasteiger partial charge in [0.15, 0.2) is 5.82 Å². The molecule has 1 aromatic carbocycles. The molecule has 0 amide bonds. The van der Waals surface area contributed by atoms with Gasteiger partial charge in [-0.25, -0.2) is 4.68 Å². The Labute approximate surface area is 104 Å². The Hall–Kier alpha value is -2.24. The van der Waals surface area contributed by atoms with Gasteiger partial charge < -0.3 is 5.11 Å². The second-order valence-electron chi connectivity index (χ2n) is 4.12. The number of nitrogens with zero attached hydrogens (tertiary/aromatic N) is 4. The van der Waals surface area contributed by atoms with Crippen LogP contribution in [0.1, 0.15) is 17.5 Å². The Balaban J connectivity index is 2.36. The van der Waals surface area contributed by atoms with E-state index >= 15 is 0 Å². The summed E-state index contributed by atoms with van der Waals surface area (Å²) in [7, 11) is 0. The van der Waals surface area contributed by atoms with Crippen LogP contribution < -0.4 is 0 Å². The predicted molar refractivity (Wildman–Crippen MR) is 65.0 cm³/mol. The maximum absolute atomic E-state index is 10.6. The highest BCUT2D eigenvalue weighted by Crippen LogP contribution is 2.22. The van der Waals surface area contributed by atoms with Gasteiger partial charge in [0.25, 0.3) is 0 Å². The van der Waals surface area contributed by atoms with Crippen molar-refractivity contribution in [3.63, 3.8) is 0 Å². The Kier molecular flexibility index (Phi) is 3.36. The first-order valence-corrected chi connectivity index (χ1v) is 5.64. The molecule has 0 fully saturated rings. The van der Waals surface area contributed by atoms with E-state index in [1.54, 1.807) is 0 Å². The molecule has 0 saturated carbocycles. The summed E-state index contributed by atoms with van der Waals surface area (Å²) in [5.41, 5.74) is 3.19. The minimum absolute atomic E-state index is 0.00288. The summed E-state index contributed by atoms with van der Waals surface area (Å²) in [5, 5.41) is 20.1. The lowest BCUT2D eigenvalue weighted by Crippen LogP contribution is -2.08. The summed E-state index contributed by atoms with van der Waals surface area (Å²) in [6.07, 6.45) is 0.00288. The molecule has 0 bridgehead atoms. The Morgan fingerprint density at radius 1 is 1.39 bits per heavy atom. The first-order valence-electron chi connectivity index (χ1n) is 5.64. The van der Waals surface area contributed by atoms with Crippen molar-refractivity contribution in [3.05, 3.63) is 29.3 Å². The van der Waals surface area contributed by atoms with Crippen LogP contribution in [-0.2, 0) is 11.3 Å². The van der Waals surface area contributed by atoms with E-state index in [2.05, 4.69) is 15.5 Å². The average molecular weight is 246 g/mol. The van der Waals surface area contributed by atoms with Crippen LogP contribution in [0, 0.1) is 13.8 Å². The fraction of sp³-hybridized carbons (Fsp3) is 0.333. The number of aliphatic carboxylic acids is 1. The largest absolute Gasteiger partial charge is 0.481 e. The van der Waals surface area contributed by atoms with E-state index in [1.165, 1.54) is 4.68 Å². The van der Waals surface area contributed by atoms with Crippen LogP contribution in [0.2, 0.25) is 0 Å². The number of tetrazole rings is 1. The zero-order valence-corrected chi connectivity index (χ0v) is 10.3. The van der Waals surface area contributed by atoms with Gasteiger partial charge in [0.05, 0.1) is 13.0 Å². The fourth-order valence-corrected chi connectivity index (χ4v) is 1.74. The van der Waals surface area contributed by atoms with E-state index in [0.717, 1.165) is 16.7 Å². The molecule has 1 N–H and O–H groups in total. The fourth-order valence-electron chi connectivity index (χ4n) is 1.74. The molecule has 94 valence electrons. The Morgan fingerprint density at radius 2 is 2.17 bits per heavy atom. The van der Waals surface area contributed by atoms with Crippen molar-refractivity contribution < 1.29 is 9.90 Å². The summed E-state index contributed by atoms with van der Waals surface area (Å²) in [5.74, 6) is -0.255. The van der Waals surface area contributed by atoms with Crippen molar-refractivity contribution in [2.75, 3.05) is 0 Å². The average Bonchev–Trinajstić information content (AvgIpc) is 2.78. The minimum atomic E-state index is -0.864. The lowest BCUT2D eigenvalue weighted by molar-refractivity contribution is -0.137. The quantitative estimate of drug-likeness (QED) is 0.882. The van der Waals surface area contributed by atoms with Crippen molar-refractivity contribution in [2.45, 2.75) is 26.8 Å². The van der Waals surface area contributed by atoms with Gasteiger partial charge in [0.2, 0.25) is 0 Å². The molecule has 0 aliphatic carbocycles. The second kappa shape index (κ2) is 4.95. The molecular weight excluding hydrogens is 232 g/mol. The molecule has 6 nitrogen and oxygen atoms in total. The summed E-state index contributed by atoms with van der Waals surface area (Å²) >= 11 is 0. The molecule has 0 radical (unpaired) electrons. The van der Waals surface area contributed by atoms with Crippen LogP contribution >= 0.6 is 0 Å². The van der Waals surface area contributed by atoms with Gasteiger partial charge in [-0.2, -0.15) is 0 Å². The van der Waals surface area contributed by atoms with Gasteiger partial charge in [-0.3, -0.25) is 4.79 Å². The van der Waals surface area contributed by atoms with Crippen molar-refractivity contribution in [3.8, 4) is 11.4 Å². The molecule has 0 aliphatic rings. The number of aryl methyl sites for hydroxylation is 2. The van der Waals surface area contributed by atoms with Crippen LogP contribution in [0.5, 0.6) is 0 Å². The summed E-state index contributed by atoms with van der Waals surface area (Å²) in [6, 6.07) is 5.89. The number of carboxylic acid groups (broad SMARTS) is 1. The third-order valence-electron chi connectivity index (χ3n) is 2.91. The molecule has 0 spiro atoms. The highest BCUT2D eigenvalue weighted by Gasteiger charge is 2.12. The topological polar surface area (TPSA) is 80.9 Å². The normalized spacial score (nSPS) is 10.6. The molecule has 18 heavy (non-hydrogen) atoms. The van der Waals surface area contributed by atoms with E-state index in [9.17, 15) is 4.79 Å². The number of rotatable bonds is 4. The minimum Gasteiger partial charge on any atom is -0.481 e. The third-order valence-corrected chi connectivity index (χ3v) is 2.91. The van der Waals surface area contributed by atoms with Crippen LogP contribution in [0.4, 0.5) is 0 Å². The van der Waals surface area contributed by atoms with Crippen LogP contribution in [0.25, 0.3) is 11.4 Å². The molecule has 2 aromatic rings. The molecular formula is C12H14N4O2. The molecule has 2 rings (SSSR count). The number of hydrogen-bond donors (Lipinski definition) is 1. The maximum Gasteiger partial charge on any atom is 0.305 e. The Morgan fingerprint density at radius 3 is 2.89 bits per heavy atom.